The zero-order chi connectivity index (χ0) is 36.3. The van der Waals surface area contributed by atoms with Gasteiger partial charge < -0.3 is 9.47 Å². The number of hydrogen-bond acceptors (Lipinski definition) is 3. The Balaban J connectivity index is 1.17. The molecule has 1 aliphatic heterocycles. The predicted octanol–water partition coefficient (Wildman–Crippen LogP) is 8.78. The second-order valence-electron chi connectivity index (χ2n) is 13.7. The lowest BCUT2D eigenvalue weighted by Crippen LogP contribution is -2.74. The van der Waals surface area contributed by atoms with Crippen LogP contribution in [0.3, 0.4) is 0 Å². The van der Waals surface area contributed by atoms with E-state index in [9.17, 15) is 8.42 Å². The van der Waals surface area contributed by atoms with Gasteiger partial charge in [-0.1, -0.05) is 146 Å². The smallest absolute Gasteiger partial charge is 0.210 e. The number of fused-ring (bicyclic) bond motifs is 5. The lowest BCUT2D eigenvalue weighted by molar-refractivity contribution is 0.595. The zero-order valence-electron chi connectivity index (χ0n) is 29.2. The van der Waals surface area contributed by atoms with Gasteiger partial charge in [-0.3, -0.25) is 0 Å². The third kappa shape index (κ3) is 4.77. The summed E-state index contributed by atoms with van der Waals surface area (Å²) in [6, 6.07) is 71.7. The first-order valence-electron chi connectivity index (χ1n) is 18.1. The SMILES string of the molecule is O=S1(=O)c2ccccc2N(c2ccc([Si](c3ccccc3)(c3ccccc3)c3ccc(-n4c5ccccc5c5ccccc54)cc3)cc2)c2ccccc21. The van der Waals surface area contributed by atoms with Crippen LogP contribution in [0.1, 0.15) is 0 Å². The van der Waals surface area contributed by atoms with Crippen LogP contribution in [0, 0.1) is 0 Å². The summed E-state index contributed by atoms with van der Waals surface area (Å²) < 4.78 is 29.8. The van der Waals surface area contributed by atoms with Gasteiger partial charge in [-0.15, -0.1) is 0 Å². The van der Waals surface area contributed by atoms with Crippen LogP contribution >= 0.6 is 0 Å². The average Bonchev–Trinajstić information content (AvgIpc) is 3.57. The second kappa shape index (κ2) is 12.6. The topological polar surface area (TPSA) is 42.3 Å². The molecular formula is C48H34N2O2SSi. The highest BCUT2D eigenvalue weighted by molar-refractivity contribution is 7.92. The first-order valence-corrected chi connectivity index (χ1v) is 21.6. The van der Waals surface area contributed by atoms with Gasteiger partial charge in [0, 0.05) is 22.1 Å². The number of para-hydroxylation sites is 4. The van der Waals surface area contributed by atoms with E-state index in [4.69, 9.17) is 0 Å². The molecule has 2 heterocycles. The number of benzene rings is 8. The minimum absolute atomic E-state index is 0.313. The van der Waals surface area contributed by atoms with Crippen LogP contribution in [-0.4, -0.2) is 21.1 Å². The van der Waals surface area contributed by atoms with E-state index in [0.717, 1.165) is 11.4 Å². The van der Waals surface area contributed by atoms with Crippen LogP contribution < -0.4 is 25.6 Å². The first kappa shape index (κ1) is 32.2. The van der Waals surface area contributed by atoms with E-state index in [1.807, 2.05) is 24.3 Å². The maximum Gasteiger partial charge on any atom is 0.210 e. The Morgan fingerprint density at radius 2 is 0.722 bits per heavy atom. The molecule has 1 aliphatic rings. The molecule has 8 aromatic carbocycles. The van der Waals surface area contributed by atoms with Crippen LogP contribution in [0.2, 0.25) is 0 Å². The van der Waals surface area contributed by atoms with Crippen molar-refractivity contribution < 1.29 is 8.42 Å². The molecule has 9 aromatic rings. The van der Waals surface area contributed by atoms with E-state index in [2.05, 4.69) is 167 Å². The van der Waals surface area contributed by atoms with Crippen molar-refractivity contribution in [3.8, 4) is 5.69 Å². The fraction of sp³-hybridized carbons (Fsp3) is 0. The van der Waals surface area contributed by atoms with Crippen molar-refractivity contribution in [2.24, 2.45) is 0 Å². The summed E-state index contributed by atoms with van der Waals surface area (Å²) in [5.74, 6) is 0. The van der Waals surface area contributed by atoms with Gasteiger partial charge in [-0.25, -0.2) is 8.42 Å². The van der Waals surface area contributed by atoms with Crippen LogP contribution in [-0.2, 0) is 9.84 Å². The number of aromatic nitrogens is 1. The van der Waals surface area contributed by atoms with Crippen molar-refractivity contribution in [2.75, 3.05) is 4.90 Å². The first-order chi connectivity index (χ1) is 26.6. The van der Waals surface area contributed by atoms with Gasteiger partial charge in [-0.2, -0.15) is 0 Å². The molecule has 54 heavy (non-hydrogen) atoms. The molecule has 0 radical (unpaired) electrons. The fourth-order valence-corrected chi connectivity index (χ4v) is 14.9. The van der Waals surface area contributed by atoms with Crippen LogP contribution in [0.25, 0.3) is 27.5 Å². The molecule has 6 heteroatoms. The van der Waals surface area contributed by atoms with Gasteiger partial charge in [0.1, 0.15) is 0 Å². The average molecular weight is 731 g/mol. The number of nitrogens with zero attached hydrogens (tertiary/aromatic N) is 2. The minimum Gasteiger partial charge on any atom is -0.309 e. The number of anilines is 3. The summed E-state index contributed by atoms with van der Waals surface area (Å²) in [4.78, 5) is 2.70. The molecule has 0 atom stereocenters. The Bertz CT molecular complexity index is 2800. The van der Waals surface area contributed by atoms with E-state index in [-0.39, 0.29) is 0 Å². The maximum absolute atomic E-state index is 13.7. The van der Waals surface area contributed by atoms with Gasteiger partial charge in [-0.05, 0) is 81.4 Å². The molecule has 258 valence electrons. The molecule has 0 amide bonds. The quantitative estimate of drug-likeness (QED) is 0.127. The van der Waals surface area contributed by atoms with E-state index in [1.54, 1.807) is 24.3 Å². The molecule has 0 fully saturated rings. The molecule has 0 saturated heterocycles. The van der Waals surface area contributed by atoms with E-state index in [1.165, 1.54) is 42.6 Å². The lowest BCUT2D eigenvalue weighted by atomic mass is 10.2. The molecule has 0 aliphatic carbocycles. The van der Waals surface area contributed by atoms with Crippen molar-refractivity contribution in [3.05, 3.63) is 206 Å². The van der Waals surface area contributed by atoms with Crippen LogP contribution in [0.5, 0.6) is 0 Å². The van der Waals surface area contributed by atoms with E-state index in [0.29, 0.717) is 21.2 Å². The van der Waals surface area contributed by atoms with Gasteiger partial charge in [0.05, 0.1) is 32.2 Å². The van der Waals surface area contributed by atoms with Crippen molar-refractivity contribution >= 4 is 77.5 Å². The van der Waals surface area contributed by atoms with Crippen molar-refractivity contribution in [1.29, 1.82) is 0 Å². The zero-order valence-corrected chi connectivity index (χ0v) is 31.1. The van der Waals surface area contributed by atoms with E-state index >= 15 is 0 Å². The molecule has 4 nitrogen and oxygen atoms in total. The summed E-state index contributed by atoms with van der Waals surface area (Å²) in [7, 11) is -6.54. The molecule has 10 rings (SSSR count). The number of hydrogen-bond donors (Lipinski definition) is 0. The molecule has 1 aromatic heterocycles. The molecule has 0 saturated carbocycles. The highest BCUT2D eigenvalue weighted by atomic mass is 32.2. The number of rotatable bonds is 6. The largest absolute Gasteiger partial charge is 0.309 e. The molecule has 0 N–H and O–H groups in total. The lowest BCUT2D eigenvalue weighted by Gasteiger charge is -2.36. The van der Waals surface area contributed by atoms with E-state index < -0.39 is 17.9 Å². The van der Waals surface area contributed by atoms with Crippen molar-refractivity contribution in [1.82, 2.24) is 4.57 Å². The van der Waals surface area contributed by atoms with Crippen molar-refractivity contribution in [3.63, 3.8) is 0 Å². The highest BCUT2D eigenvalue weighted by Crippen LogP contribution is 2.47. The van der Waals surface area contributed by atoms with Crippen LogP contribution in [0.15, 0.2) is 216 Å². The normalized spacial score (nSPS) is 13.4. The van der Waals surface area contributed by atoms with Gasteiger partial charge >= 0.3 is 0 Å². The molecule has 0 bridgehead atoms. The molecule has 0 unspecified atom stereocenters. The maximum atomic E-state index is 13.7. The predicted molar refractivity (Wildman–Crippen MR) is 225 cm³/mol. The van der Waals surface area contributed by atoms with Gasteiger partial charge in [0.25, 0.3) is 0 Å². The fourth-order valence-electron chi connectivity index (χ4n) is 8.56. The Labute approximate surface area is 315 Å². The third-order valence-corrected chi connectivity index (χ3v) is 17.5. The summed E-state index contributed by atoms with van der Waals surface area (Å²) in [5, 5.41) is 7.57. The Morgan fingerprint density at radius 3 is 1.20 bits per heavy atom. The summed E-state index contributed by atoms with van der Waals surface area (Å²) in [6.07, 6.45) is 0. The van der Waals surface area contributed by atoms with Gasteiger partial charge in [0.15, 0.2) is 8.07 Å². The van der Waals surface area contributed by atoms with Gasteiger partial charge in [0.2, 0.25) is 9.84 Å². The summed E-state index contributed by atoms with van der Waals surface area (Å²) in [5.41, 5.74) is 5.70. The Kier molecular flexibility index (Phi) is 7.51. The monoisotopic (exact) mass is 730 g/mol. The Morgan fingerprint density at radius 1 is 0.352 bits per heavy atom. The molecular weight excluding hydrogens is 697 g/mol. The van der Waals surface area contributed by atoms with Crippen LogP contribution in [0.4, 0.5) is 17.1 Å². The minimum atomic E-state index is -3.66. The highest BCUT2D eigenvalue weighted by Gasteiger charge is 2.42. The summed E-state index contributed by atoms with van der Waals surface area (Å²) >= 11 is 0. The molecule has 0 spiro atoms. The summed E-state index contributed by atoms with van der Waals surface area (Å²) in [6.45, 7) is 0. The third-order valence-electron chi connectivity index (χ3n) is 10.9. The Hall–Kier alpha value is -6.47. The standard InChI is InChI=1S/C48H34N2O2SSi/c51-53(52)47-25-13-11-23-45(47)50(46-24-12-14-26-48(46)53)36-29-33-40(34-30-36)54(37-15-3-1-4-16-37,38-17-5-2-6-18-38)39-31-27-35(28-32-39)49-43-21-9-7-19-41(43)42-20-8-10-22-44(42)49/h1-34H. The van der Waals surface area contributed by atoms with Crippen molar-refractivity contribution in [2.45, 2.75) is 9.79 Å². The second-order valence-corrected chi connectivity index (χ2v) is 19.4. The number of sulfone groups is 1.